The topological polar surface area (TPSA) is 15.3 Å². The zero-order valence-electron chi connectivity index (χ0n) is 12.2. The number of nitrogens with one attached hydrogen (secondary N) is 1. The second-order valence-corrected chi connectivity index (χ2v) is 5.93. The van der Waals surface area contributed by atoms with Crippen LogP contribution < -0.4 is 5.32 Å². The number of likely N-dealkylation sites (tertiary alicyclic amines) is 1. The zero-order valence-corrected chi connectivity index (χ0v) is 12.2. The number of piperidine rings is 1. The maximum atomic E-state index is 3.54. The number of rotatable bonds is 8. The normalized spacial score (nSPS) is 22.2. The molecular weight excluding hydrogens is 208 g/mol. The Morgan fingerprint density at radius 1 is 1.29 bits per heavy atom. The first kappa shape index (κ1) is 15.0. The summed E-state index contributed by atoms with van der Waals surface area (Å²) in [5.74, 6) is 0.776. The lowest BCUT2D eigenvalue weighted by Crippen LogP contribution is -2.40. The summed E-state index contributed by atoms with van der Waals surface area (Å²) in [7, 11) is 0. The van der Waals surface area contributed by atoms with Crippen LogP contribution in [0.2, 0.25) is 0 Å². The highest BCUT2D eigenvalue weighted by Gasteiger charge is 2.20. The smallest absolute Gasteiger partial charge is 0.00951 e. The molecule has 0 aromatic heterocycles. The molecule has 0 aromatic rings. The summed E-state index contributed by atoms with van der Waals surface area (Å²) in [4.78, 5) is 2.74. The van der Waals surface area contributed by atoms with Crippen molar-refractivity contribution in [1.82, 2.24) is 10.2 Å². The molecule has 1 saturated heterocycles. The van der Waals surface area contributed by atoms with Gasteiger partial charge in [-0.2, -0.15) is 0 Å². The van der Waals surface area contributed by atoms with Gasteiger partial charge in [0, 0.05) is 6.04 Å². The molecule has 0 amide bonds. The van der Waals surface area contributed by atoms with Crippen molar-refractivity contribution in [1.29, 1.82) is 0 Å². The Morgan fingerprint density at radius 3 is 2.82 bits per heavy atom. The van der Waals surface area contributed by atoms with Crippen LogP contribution in [-0.4, -0.2) is 37.1 Å². The Hall–Kier alpha value is -0.0800. The third-order valence-electron chi connectivity index (χ3n) is 3.72. The first-order valence-electron chi connectivity index (χ1n) is 7.68. The third-order valence-corrected chi connectivity index (χ3v) is 3.72. The first-order valence-corrected chi connectivity index (χ1v) is 7.68. The molecule has 2 heteroatoms. The zero-order chi connectivity index (χ0) is 12.5. The van der Waals surface area contributed by atoms with Gasteiger partial charge in [-0.05, 0) is 57.8 Å². The summed E-state index contributed by atoms with van der Waals surface area (Å²) in [6.07, 6.45) is 8.36. The van der Waals surface area contributed by atoms with E-state index in [1.807, 2.05) is 0 Å². The number of hydrogen-bond donors (Lipinski definition) is 1. The molecule has 0 bridgehead atoms. The van der Waals surface area contributed by atoms with Gasteiger partial charge in [0.15, 0.2) is 0 Å². The van der Waals surface area contributed by atoms with E-state index in [2.05, 4.69) is 31.0 Å². The molecular formula is C15H32N2. The van der Waals surface area contributed by atoms with E-state index in [9.17, 15) is 0 Å². The second kappa shape index (κ2) is 8.93. The summed E-state index contributed by atoms with van der Waals surface area (Å²) >= 11 is 0. The van der Waals surface area contributed by atoms with E-state index in [0.717, 1.165) is 12.0 Å². The molecule has 1 N–H and O–H groups in total. The van der Waals surface area contributed by atoms with Gasteiger partial charge in [-0.3, -0.25) is 0 Å². The quantitative estimate of drug-likeness (QED) is 0.655. The first-order chi connectivity index (χ1) is 8.24. The van der Waals surface area contributed by atoms with Gasteiger partial charge in [-0.15, -0.1) is 0 Å². The van der Waals surface area contributed by atoms with Crippen molar-refractivity contribution in [3.05, 3.63) is 0 Å². The van der Waals surface area contributed by atoms with Gasteiger partial charge in [0.2, 0.25) is 0 Å². The van der Waals surface area contributed by atoms with Crippen LogP contribution in [0, 0.1) is 5.92 Å². The molecule has 0 aromatic carbocycles. The fourth-order valence-corrected chi connectivity index (χ4v) is 2.81. The molecule has 1 aliphatic rings. The van der Waals surface area contributed by atoms with Gasteiger partial charge in [0.1, 0.15) is 0 Å². The van der Waals surface area contributed by atoms with Crippen molar-refractivity contribution in [2.24, 2.45) is 5.92 Å². The lowest BCUT2D eigenvalue weighted by Gasteiger charge is -2.35. The molecule has 1 unspecified atom stereocenters. The van der Waals surface area contributed by atoms with Crippen molar-refractivity contribution < 1.29 is 0 Å². The van der Waals surface area contributed by atoms with Crippen LogP contribution >= 0.6 is 0 Å². The highest BCUT2D eigenvalue weighted by molar-refractivity contribution is 4.76. The second-order valence-electron chi connectivity index (χ2n) is 5.93. The van der Waals surface area contributed by atoms with Gasteiger partial charge in [-0.1, -0.05) is 33.6 Å². The van der Waals surface area contributed by atoms with Crippen LogP contribution in [0.5, 0.6) is 0 Å². The van der Waals surface area contributed by atoms with Crippen LogP contribution in [-0.2, 0) is 0 Å². The molecule has 2 nitrogen and oxygen atoms in total. The molecule has 1 atom stereocenters. The standard InChI is InChI=1S/C15H32N2/c1-4-8-15-9-5-6-11-17(15)12-7-10-16-13-14(2)3/h14-16H,4-13H2,1-3H3. The van der Waals surface area contributed by atoms with E-state index in [4.69, 9.17) is 0 Å². The average molecular weight is 240 g/mol. The molecule has 102 valence electrons. The number of hydrogen-bond acceptors (Lipinski definition) is 2. The Balaban J connectivity index is 2.10. The highest BCUT2D eigenvalue weighted by atomic mass is 15.2. The molecule has 0 radical (unpaired) electrons. The average Bonchev–Trinajstić information content (AvgIpc) is 2.31. The molecule has 1 aliphatic heterocycles. The Morgan fingerprint density at radius 2 is 2.12 bits per heavy atom. The van der Waals surface area contributed by atoms with Crippen molar-refractivity contribution in [2.45, 2.75) is 65.3 Å². The highest BCUT2D eigenvalue weighted by Crippen LogP contribution is 2.20. The van der Waals surface area contributed by atoms with Gasteiger partial charge >= 0.3 is 0 Å². The van der Waals surface area contributed by atoms with Gasteiger partial charge in [0.05, 0.1) is 0 Å². The third kappa shape index (κ3) is 6.42. The van der Waals surface area contributed by atoms with Gasteiger partial charge in [-0.25, -0.2) is 0 Å². The molecule has 1 rings (SSSR count). The van der Waals surface area contributed by atoms with Crippen LogP contribution in [0.15, 0.2) is 0 Å². The maximum absolute atomic E-state index is 3.54. The fourth-order valence-electron chi connectivity index (χ4n) is 2.81. The lowest BCUT2D eigenvalue weighted by molar-refractivity contribution is 0.138. The van der Waals surface area contributed by atoms with Crippen LogP contribution in [0.3, 0.4) is 0 Å². The number of nitrogens with zero attached hydrogens (tertiary/aromatic N) is 1. The van der Waals surface area contributed by atoms with Gasteiger partial charge < -0.3 is 10.2 Å². The van der Waals surface area contributed by atoms with E-state index >= 15 is 0 Å². The maximum Gasteiger partial charge on any atom is 0.00951 e. The Kier molecular flexibility index (Phi) is 7.87. The summed E-state index contributed by atoms with van der Waals surface area (Å²) < 4.78 is 0. The minimum atomic E-state index is 0.776. The summed E-state index contributed by atoms with van der Waals surface area (Å²) in [6.45, 7) is 11.9. The van der Waals surface area contributed by atoms with E-state index < -0.39 is 0 Å². The predicted octanol–water partition coefficient (Wildman–Crippen LogP) is 3.28. The van der Waals surface area contributed by atoms with Crippen molar-refractivity contribution >= 4 is 0 Å². The van der Waals surface area contributed by atoms with Gasteiger partial charge in [0.25, 0.3) is 0 Å². The van der Waals surface area contributed by atoms with E-state index in [-0.39, 0.29) is 0 Å². The predicted molar refractivity (Wildman–Crippen MR) is 76.4 cm³/mol. The molecule has 0 saturated carbocycles. The van der Waals surface area contributed by atoms with E-state index in [1.54, 1.807) is 0 Å². The summed E-state index contributed by atoms with van der Waals surface area (Å²) in [6, 6.07) is 0.888. The monoisotopic (exact) mass is 240 g/mol. The molecule has 17 heavy (non-hydrogen) atoms. The summed E-state index contributed by atoms with van der Waals surface area (Å²) in [5.41, 5.74) is 0. The van der Waals surface area contributed by atoms with Crippen molar-refractivity contribution in [2.75, 3.05) is 26.2 Å². The minimum Gasteiger partial charge on any atom is -0.316 e. The molecule has 1 fully saturated rings. The van der Waals surface area contributed by atoms with Crippen LogP contribution in [0.4, 0.5) is 0 Å². The minimum absolute atomic E-state index is 0.776. The van der Waals surface area contributed by atoms with Crippen molar-refractivity contribution in [3.63, 3.8) is 0 Å². The largest absolute Gasteiger partial charge is 0.316 e. The molecule has 0 aliphatic carbocycles. The Labute approximate surface area is 108 Å². The molecule has 1 heterocycles. The van der Waals surface area contributed by atoms with Crippen molar-refractivity contribution in [3.8, 4) is 0 Å². The molecule has 0 spiro atoms. The van der Waals surface area contributed by atoms with E-state index in [1.165, 1.54) is 64.7 Å². The SMILES string of the molecule is CCCC1CCCCN1CCCNCC(C)C. The van der Waals surface area contributed by atoms with Crippen LogP contribution in [0.1, 0.15) is 59.3 Å². The van der Waals surface area contributed by atoms with E-state index in [0.29, 0.717) is 0 Å². The fraction of sp³-hybridized carbons (Fsp3) is 1.00. The lowest BCUT2D eigenvalue weighted by atomic mass is 9.98. The summed E-state index contributed by atoms with van der Waals surface area (Å²) in [5, 5.41) is 3.54. The Bertz CT molecular complexity index is 178. The van der Waals surface area contributed by atoms with Crippen LogP contribution in [0.25, 0.3) is 0 Å².